The van der Waals surface area contributed by atoms with E-state index in [4.69, 9.17) is 0 Å². The molecule has 0 spiro atoms. The standard InChI is InChI=1S/C22H27N3O2/c1-16-8-6-7-11-20(16)17(2)23-22(27)25-14-12-19(13-15-25)24-21(26)18-9-4-3-5-10-18/h3-11,17,19H,12-15H2,1-2H3,(H,23,27)(H,24,26). The zero-order valence-electron chi connectivity index (χ0n) is 15.9. The van der Waals surface area contributed by atoms with Crippen LogP contribution in [0.25, 0.3) is 0 Å². The lowest BCUT2D eigenvalue weighted by atomic mass is 10.0. The summed E-state index contributed by atoms with van der Waals surface area (Å²) in [5.74, 6) is -0.0494. The van der Waals surface area contributed by atoms with E-state index in [1.165, 1.54) is 5.56 Å². The van der Waals surface area contributed by atoms with Gasteiger partial charge in [0, 0.05) is 24.7 Å². The van der Waals surface area contributed by atoms with E-state index in [0.29, 0.717) is 18.7 Å². The molecule has 2 aromatic carbocycles. The molecule has 1 saturated heterocycles. The minimum Gasteiger partial charge on any atom is -0.349 e. The van der Waals surface area contributed by atoms with Crippen LogP contribution in [0, 0.1) is 6.92 Å². The van der Waals surface area contributed by atoms with Crippen LogP contribution in [0.4, 0.5) is 4.79 Å². The van der Waals surface area contributed by atoms with Gasteiger partial charge in [0.05, 0.1) is 6.04 Å². The molecule has 1 atom stereocenters. The lowest BCUT2D eigenvalue weighted by Crippen LogP contribution is -2.49. The lowest BCUT2D eigenvalue weighted by Gasteiger charge is -2.33. The van der Waals surface area contributed by atoms with E-state index in [1.807, 2.05) is 60.4 Å². The Morgan fingerprint density at radius 3 is 2.30 bits per heavy atom. The van der Waals surface area contributed by atoms with Gasteiger partial charge in [-0.2, -0.15) is 0 Å². The summed E-state index contributed by atoms with van der Waals surface area (Å²) in [6, 6.07) is 17.4. The van der Waals surface area contributed by atoms with Crippen LogP contribution in [0.1, 0.15) is 47.3 Å². The number of urea groups is 1. The number of hydrogen-bond donors (Lipinski definition) is 2. The minimum absolute atomic E-state index is 0.0331. The van der Waals surface area contributed by atoms with Gasteiger partial charge in [0.15, 0.2) is 0 Å². The number of amides is 3. The summed E-state index contributed by atoms with van der Waals surface area (Å²) in [7, 11) is 0. The number of likely N-dealkylation sites (tertiary alicyclic amines) is 1. The van der Waals surface area contributed by atoms with Crippen LogP contribution in [0.2, 0.25) is 0 Å². The quantitative estimate of drug-likeness (QED) is 0.869. The Morgan fingerprint density at radius 1 is 1.00 bits per heavy atom. The molecule has 0 bridgehead atoms. The van der Waals surface area contributed by atoms with Crippen LogP contribution in [-0.2, 0) is 0 Å². The van der Waals surface area contributed by atoms with Gasteiger partial charge in [-0.15, -0.1) is 0 Å². The van der Waals surface area contributed by atoms with Crippen LogP contribution in [-0.4, -0.2) is 36.0 Å². The first-order valence-electron chi connectivity index (χ1n) is 9.51. The minimum atomic E-state index is -0.0494. The van der Waals surface area contributed by atoms with Gasteiger partial charge in [-0.1, -0.05) is 42.5 Å². The van der Waals surface area contributed by atoms with Crippen molar-refractivity contribution in [1.29, 1.82) is 0 Å². The average molecular weight is 365 g/mol. The number of piperidine rings is 1. The van der Waals surface area contributed by atoms with Crippen molar-refractivity contribution in [3.05, 3.63) is 71.3 Å². The molecule has 1 fully saturated rings. The molecular formula is C22H27N3O2. The molecule has 1 heterocycles. The summed E-state index contributed by atoms with van der Waals surface area (Å²) in [6.07, 6.45) is 1.54. The molecule has 142 valence electrons. The van der Waals surface area contributed by atoms with Gasteiger partial charge in [0.25, 0.3) is 5.91 Å². The fraction of sp³-hybridized carbons (Fsp3) is 0.364. The Morgan fingerprint density at radius 2 is 1.63 bits per heavy atom. The van der Waals surface area contributed by atoms with Crippen molar-refractivity contribution < 1.29 is 9.59 Å². The van der Waals surface area contributed by atoms with Gasteiger partial charge in [-0.3, -0.25) is 4.79 Å². The molecule has 5 nitrogen and oxygen atoms in total. The van der Waals surface area contributed by atoms with Crippen LogP contribution in [0.5, 0.6) is 0 Å². The van der Waals surface area contributed by atoms with Crippen LogP contribution in [0.15, 0.2) is 54.6 Å². The number of hydrogen-bond acceptors (Lipinski definition) is 2. The largest absolute Gasteiger partial charge is 0.349 e. The predicted molar refractivity (Wildman–Crippen MR) is 107 cm³/mol. The van der Waals surface area contributed by atoms with E-state index in [0.717, 1.165) is 18.4 Å². The monoisotopic (exact) mass is 365 g/mol. The van der Waals surface area contributed by atoms with Gasteiger partial charge >= 0.3 is 6.03 Å². The van der Waals surface area contributed by atoms with Crippen molar-refractivity contribution in [2.75, 3.05) is 13.1 Å². The summed E-state index contributed by atoms with van der Waals surface area (Å²) in [5.41, 5.74) is 2.98. The zero-order chi connectivity index (χ0) is 19.2. The topological polar surface area (TPSA) is 61.4 Å². The molecule has 2 aromatic rings. The molecule has 0 aliphatic carbocycles. The van der Waals surface area contributed by atoms with Crippen LogP contribution in [0.3, 0.4) is 0 Å². The maximum absolute atomic E-state index is 12.6. The first-order valence-corrected chi connectivity index (χ1v) is 9.51. The first kappa shape index (κ1) is 19.0. The number of nitrogens with zero attached hydrogens (tertiary/aromatic N) is 1. The fourth-order valence-electron chi connectivity index (χ4n) is 3.51. The highest BCUT2D eigenvalue weighted by atomic mass is 16.2. The summed E-state index contributed by atoms with van der Waals surface area (Å²) in [6.45, 7) is 5.35. The average Bonchev–Trinajstić information content (AvgIpc) is 2.69. The van der Waals surface area contributed by atoms with Gasteiger partial charge in [0.2, 0.25) is 0 Å². The summed E-state index contributed by atoms with van der Waals surface area (Å²) >= 11 is 0. The van der Waals surface area contributed by atoms with Gasteiger partial charge in [0.1, 0.15) is 0 Å². The summed E-state index contributed by atoms with van der Waals surface area (Å²) in [4.78, 5) is 26.7. The number of nitrogens with one attached hydrogen (secondary N) is 2. The predicted octanol–water partition coefficient (Wildman–Crippen LogP) is 3.66. The van der Waals surface area contributed by atoms with Crippen molar-refractivity contribution in [2.45, 2.75) is 38.8 Å². The van der Waals surface area contributed by atoms with E-state index in [9.17, 15) is 9.59 Å². The number of carbonyl (C=O) groups excluding carboxylic acids is 2. The third-order valence-electron chi connectivity index (χ3n) is 5.15. The highest BCUT2D eigenvalue weighted by Gasteiger charge is 2.25. The van der Waals surface area contributed by atoms with Crippen molar-refractivity contribution >= 4 is 11.9 Å². The Bertz CT molecular complexity index is 783. The molecule has 0 saturated carbocycles. The Labute approximate surface area is 160 Å². The Balaban J connectivity index is 1.48. The van der Waals surface area contributed by atoms with Gasteiger partial charge < -0.3 is 15.5 Å². The molecule has 3 rings (SSSR count). The molecule has 0 radical (unpaired) electrons. The van der Waals surface area contributed by atoms with Gasteiger partial charge in [-0.25, -0.2) is 4.79 Å². The maximum atomic E-state index is 12.6. The maximum Gasteiger partial charge on any atom is 0.317 e. The second-order valence-corrected chi connectivity index (χ2v) is 7.13. The lowest BCUT2D eigenvalue weighted by molar-refractivity contribution is 0.0917. The molecular weight excluding hydrogens is 338 g/mol. The zero-order valence-corrected chi connectivity index (χ0v) is 15.9. The molecule has 3 amide bonds. The molecule has 1 unspecified atom stereocenters. The molecule has 2 N–H and O–H groups in total. The number of benzene rings is 2. The Kier molecular flexibility index (Phi) is 6.12. The van der Waals surface area contributed by atoms with Crippen molar-refractivity contribution in [3.8, 4) is 0 Å². The third kappa shape index (κ3) is 4.88. The first-order chi connectivity index (χ1) is 13.0. The van der Waals surface area contributed by atoms with E-state index >= 15 is 0 Å². The van der Waals surface area contributed by atoms with E-state index < -0.39 is 0 Å². The highest BCUT2D eigenvalue weighted by molar-refractivity contribution is 5.94. The summed E-state index contributed by atoms with van der Waals surface area (Å²) < 4.78 is 0. The van der Waals surface area contributed by atoms with Crippen molar-refractivity contribution in [1.82, 2.24) is 15.5 Å². The van der Waals surface area contributed by atoms with Crippen LogP contribution >= 0.6 is 0 Å². The van der Waals surface area contributed by atoms with Crippen molar-refractivity contribution in [3.63, 3.8) is 0 Å². The summed E-state index contributed by atoms with van der Waals surface area (Å²) in [5, 5.41) is 6.16. The smallest absolute Gasteiger partial charge is 0.317 e. The fourth-order valence-corrected chi connectivity index (χ4v) is 3.51. The molecule has 5 heteroatoms. The third-order valence-corrected chi connectivity index (χ3v) is 5.15. The second kappa shape index (κ2) is 8.71. The number of rotatable bonds is 4. The normalized spacial score (nSPS) is 15.9. The number of aryl methyl sites for hydroxylation is 1. The molecule has 1 aliphatic rings. The van der Waals surface area contributed by atoms with E-state index in [2.05, 4.69) is 23.6 Å². The second-order valence-electron chi connectivity index (χ2n) is 7.13. The molecule has 1 aliphatic heterocycles. The van der Waals surface area contributed by atoms with E-state index in [-0.39, 0.29) is 24.0 Å². The molecule has 0 aromatic heterocycles. The molecule has 27 heavy (non-hydrogen) atoms. The van der Waals surface area contributed by atoms with Crippen LogP contribution < -0.4 is 10.6 Å². The highest BCUT2D eigenvalue weighted by Crippen LogP contribution is 2.18. The Hall–Kier alpha value is -2.82. The van der Waals surface area contributed by atoms with Crippen molar-refractivity contribution in [2.24, 2.45) is 0 Å². The number of carbonyl (C=O) groups is 2. The van der Waals surface area contributed by atoms with E-state index in [1.54, 1.807) is 0 Å². The van der Waals surface area contributed by atoms with Gasteiger partial charge in [-0.05, 0) is 49.9 Å². The SMILES string of the molecule is Cc1ccccc1C(C)NC(=O)N1CCC(NC(=O)c2ccccc2)CC1.